The normalized spacial score (nSPS) is 15.1. The molecular formula is C22H19Cl2NO4S. The summed E-state index contributed by atoms with van der Waals surface area (Å²) in [5.41, 5.74) is 2.23. The number of carbonyl (C=O) groups excluding carboxylic acids is 2. The van der Waals surface area contributed by atoms with E-state index in [1.54, 1.807) is 50.6 Å². The van der Waals surface area contributed by atoms with Gasteiger partial charge in [0.1, 0.15) is 0 Å². The third-order valence-electron chi connectivity index (χ3n) is 4.46. The zero-order chi connectivity index (χ0) is 21.8. The van der Waals surface area contributed by atoms with Crippen LogP contribution in [0, 0.1) is 0 Å². The molecule has 0 N–H and O–H groups in total. The molecule has 1 fully saturated rings. The Labute approximate surface area is 189 Å². The van der Waals surface area contributed by atoms with Crippen molar-refractivity contribution in [3.05, 3.63) is 74.6 Å². The van der Waals surface area contributed by atoms with Gasteiger partial charge in [-0.25, -0.2) is 0 Å². The summed E-state index contributed by atoms with van der Waals surface area (Å²) in [5, 5.41) is 0.533. The summed E-state index contributed by atoms with van der Waals surface area (Å²) in [6, 6.07) is 8.59. The van der Waals surface area contributed by atoms with Crippen LogP contribution in [0.3, 0.4) is 0 Å². The van der Waals surface area contributed by atoms with Gasteiger partial charge in [-0.05, 0) is 59.7 Å². The Hall–Kier alpha value is -2.41. The molecule has 1 aliphatic heterocycles. The van der Waals surface area contributed by atoms with Crippen LogP contribution in [0.2, 0.25) is 10.0 Å². The summed E-state index contributed by atoms with van der Waals surface area (Å²) in [7, 11) is 3.11. The summed E-state index contributed by atoms with van der Waals surface area (Å²) < 4.78 is 10.9. The van der Waals surface area contributed by atoms with Gasteiger partial charge in [0.25, 0.3) is 11.1 Å². The molecule has 0 spiro atoms. The summed E-state index contributed by atoms with van der Waals surface area (Å²) in [4.78, 5) is 26.8. The smallest absolute Gasteiger partial charge is 0.293 e. The van der Waals surface area contributed by atoms with E-state index in [-0.39, 0.29) is 17.7 Å². The Morgan fingerprint density at radius 1 is 1.10 bits per heavy atom. The Morgan fingerprint density at radius 3 is 2.50 bits per heavy atom. The summed E-state index contributed by atoms with van der Waals surface area (Å²) in [6.07, 6.45) is 3.99. The molecule has 0 aliphatic carbocycles. The van der Waals surface area contributed by atoms with Gasteiger partial charge in [0.2, 0.25) is 0 Å². The van der Waals surface area contributed by atoms with Crippen LogP contribution in [0.25, 0.3) is 6.08 Å². The maximum absolute atomic E-state index is 12.9. The van der Waals surface area contributed by atoms with Crippen molar-refractivity contribution < 1.29 is 19.1 Å². The Balaban J connectivity index is 1.91. The second-order valence-corrected chi connectivity index (χ2v) is 8.25. The molecule has 0 radical (unpaired) electrons. The standard InChI is InChI=1S/C22H19Cl2NO4S/c1-4-5-14-8-13(9-18(28-2)20(14)29-3)10-19-21(26)25(22(27)30-19)12-15-6-7-16(23)11-17(15)24/h4,6-11H,1,5,12H2,2-3H3/b19-10-. The molecule has 5 nitrogen and oxygen atoms in total. The lowest BCUT2D eigenvalue weighted by molar-refractivity contribution is -0.123. The zero-order valence-corrected chi connectivity index (χ0v) is 18.7. The fraction of sp³-hybridized carbons (Fsp3) is 0.182. The lowest BCUT2D eigenvalue weighted by atomic mass is 10.0. The van der Waals surface area contributed by atoms with Crippen molar-refractivity contribution in [1.82, 2.24) is 4.90 Å². The average molecular weight is 464 g/mol. The van der Waals surface area contributed by atoms with Gasteiger partial charge in [-0.1, -0.05) is 35.3 Å². The van der Waals surface area contributed by atoms with Crippen molar-refractivity contribution in [2.45, 2.75) is 13.0 Å². The minimum Gasteiger partial charge on any atom is -0.493 e. The van der Waals surface area contributed by atoms with Crippen LogP contribution in [-0.4, -0.2) is 30.3 Å². The van der Waals surface area contributed by atoms with Gasteiger partial charge >= 0.3 is 0 Å². The van der Waals surface area contributed by atoms with Gasteiger partial charge in [-0.2, -0.15) is 0 Å². The highest BCUT2D eigenvalue weighted by molar-refractivity contribution is 8.18. The number of rotatable bonds is 7. The van der Waals surface area contributed by atoms with E-state index in [0.29, 0.717) is 38.4 Å². The number of imide groups is 1. The Morgan fingerprint density at radius 2 is 1.87 bits per heavy atom. The fourth-order valence-electron chi connectivity index (χ4n) is 3.07. The topological polar surface area (TPSA) is 55.8 Å². The number of nitrogens with zero attached hydrogens (tertiary/aromatic N) is 1. The highest BCUT2D eigenvalue weighted by Gasteiger charge is 2.35. The number of hydrogen-bond acceptors (Lipinski definition) is 5. The third kappa shape index (κ3) is 4.67. The fourth-order valence-corrected chi connectivity index (χ4v) is 4.37. The van der Waals surface area contributed by atoms with E-state index in [1.807, 2.05) is 6.07 Å². The van der Waals surface area contributed by atoms with Crippen molar-refractivity contribution in [3.8, 4) is 11.5 Å². The molecule has 2 aromatic rings. The predicted octanol–water partition coefficient (Wildman–Crippen LogP) is 5.98. The van der Waals surface area contributed by atoms with Crippen LogP contribution >= 0.6 is 35.0 Å². The van der Waals surface area contributed by atoms with E-state index >= 15 is 0 Å². The molecule has 0 unspecified atom stereocenters. The summed E-state index contributed by atoms with van der Waals surface area (Å²) in [5.74, 6) is 0.770. The minimum absolute atomic E-state index is 0.0751. The molecule has 156 valence electrons. The molecule has 30 heavy (non-hydrogen) atoms. The number of ether oxygens (including phenoxy) is 2. The number of carbonyl (C=O) groups is 2. The summed E-state index contributed by atoms with van der Waals surface area (Å²) in [6.45, 7) is 3.84. The van der Waals surface area contributed by atoms with E-state index in [0.717, 1.165) is 27.8 Å². The highest BCUT2D eigenvalue weighted by atomic mass is 35.5. The van der Waals surface area contributed by atoms with Gasteiger partial charge in [0, 0.05) is 15.6 Å². The van der Waals surface area contributed by atoms with Crippen LogP contribution in [0.15, 0.2) is 47.9 Å². The van der Waals surface area contributed by atoms with Crippen molar-refractivity contribution >= 4 is 52.2 Å². The SMILES string of the molecule is C=CCc1cc(/C=C2\SC(=O)N(Cc3ccc(Cl)cc3Cl)C2=O)cc(OC)c1OC. The lowest BCUT2D eigenvalue weighted by Crippen LogP contribution is -2.27. The number of methoxy groups -OCH3 is 2. The summed E-state index contributed by atoms with van der Waals surface area (Å²) >= 11 is 13.0. The van der Waals surface area contributed by atoms with E-state index in [9.17, 15) is 9.59 Å². The number of amides is 2. The predicted molar refractivity (Wildman–Crippen MR) is 121 cm³/mol. The van der Waals surface area contributed by atoms with Crippen molar-refractivity contribution in [3.63, 3.8) is 0 Å². The number of halogens is 2. The molecule has 0 bridgehead atoms. The molecule has 0 aromatic heterocycles. The van der Waals surface area contributed by atoms with Gasteiger partial charge < -0.3 is 9.47 Å². The molecular weight excluding hydrogens is 445 g/mol. The molecule has 2 amide bonds. The molecule has 0 saturated carbocycles. The quantitative estimate of drug-likeness (QED) is 0.373. The first kappa shape index (κ1) is 22.3. The van der Waals surface area contributed by atoms with E-state index in [2.05, 4.69) is 6.58 Å². The minimum atomic E-state index is -0.379. The van der Waals surface area contributed by atoms with Crippen molar-refractivity contribution in [2.75, 3.05) is 14.2 Å². The molecule has 3 rings (SSSR count). The molecule has 2 aromatic carbocycles. The Bertz CT molecular complexity index is 1050. The van der Waals surface area contributed by atoms with Crippen LogP contribution in [-0.2, 0) is 17.8 Å². The molecule has 1 saturated heterocycles. The maximum Gasteiger partial charge on any atom is 0.293 e. The Kier molecular flexibility index (Phi) is 7.13. The first-order valence-electron chi connectivity index (χ1n) is 8.93. The van der Waals surface area contributed by atoms with Gasteiger partial charge in [0.05, 0.1) is 25.7 Å². The van der Waals surface area contributed by atoms with Crippen molar-refractivity contribution in [1.29, 1.82) is 0 Å². The van der Waals surface area contributed by atoms with Crippen LogP contribution in [0.5, 0.6) is 11.5 Å². The zero-order valence-electron chi connectivity index (χ0n) is 16.4. The van der Waals surface area contributed by atoms with E-state index in [4.69, 9.17) is 32.7 Å². The van der Waals surface area contributed by atoms with Crippen LogP contribution in [0.4, 0.5) is 4.79 Å². The molecule has 1 heterocycles. The molecule has 1 aliphatic rings. The molecule has 0 atom stereocenters. The van der Waals surface area contributed by atoms with Crippen LogP contribution < -0.4 is 9.47 Å². The number of thioether (sulfide) groups is 1. The van der Waals surface area contributed by atoms with Gasteiger partial charge in [0.15, 0.2) is 11.5 Å². The molecule has 8 heteroatoms. The van der Waals surface area contributed by atoms with Crippen molar-refractivity contribution in [2.24, 2.45) is 0 Å². The largest absolute Gasteiger partial charge is 0.493 e. The number of benzene rings is 2. The first-order valence-corrected chi connectivity index (χ1v) is 10.5. The van der Waals surface area contributed by atoms with Crippen LogP contribution in [0.1, 0.15) is 16.7 Å². The van der Waals surface area contributed by atoms with E-state index < -0.39 is 0 Å². The first-order chi connectivity index (χ1) is 14.4. The van der Waals surface area contributed by atoms with Gasteiger partial charge in [-0.15, -0.1) is 6.58 Å². The third-order valence-corrected chi connectivity index (χ3v) is 5.95. The van der Waals surface area contributed by atoms with E-state index in [1.165, 1.54) is 0 Å². The number of allylic oxidation sites excluding steroid dienone is 1. The number of hydrogen-bond donors (Lipinski definition) is 0. The second-order valence-electron chi connectivity index (χ2n) is 6.41. The maximum atomic E-state index is 12.9. The average Bonchev–Trinajstić information content (AvgIpc) is 2.97. The monoisotopic (exact) mass is 463 g/mol. The lowest BCUT2D eigenvalue weighted by Gasteiger charge is -2.14. The highest BCUT2D eigenvalue weighted by Crippen LogP contribution is 2.37. The second kappa shape index (κ2) is 9.60. The van der Waals surface area contributed by atoms with Gasteiger partial charge in [-0.3, -0.25) is 14.5 Å².